The van der Waals surface area contributed by atoms with Gasteiger partial charge in [-0.05, 0) is 49.4 Å². The lowest BCUT2D eigenvalue weighted by molar-refractivity contribution is -0.0292. The molecule has 1 fully saturated rings. The number of aryl methyl sites for hydroxylation is 3. The van der Waals surface area contributed by atoms with Gasteiger partial charge in [0.1, 0.15) is 0 Å². The van der Waals surface area contributed by atoms with E-state index in [2.05, 4.69) is 44.7 Å². The van der Waals surface area contributed by atoms with Crippen molar-refractivity contribution < 1.29 is 4.74 Å². The Morgan fingerprint density at radius 3 is 2.60 bits per heavy atom. The van der Waals surface area contributed by atoms with Crippen molar-refractivity contribution >= 4 is 0 Å². The first-order valence-corrected chi connectivity index (χ1v) is 7.69. The topological polar surface area (TPSA) is 38.5 Å². The average molecular weight is 276 g/mol. The van der Waals surface area contributed by atoms with Gasteiger partial charge in [0.05, 0.1) is 13.2 Å². The van der Waals surface area contributed by atoms with Crippen LogP contribution in [-0.4, -0.2) is 37.2 Å². The third-order valence-corrected chi connectivity index (χ3v) is 4.61. The quantitative estimate of drug-likeness (QED) is 0.919. The van der Waals surface area contributed by atoms with Gasteiger partial charge in [0.2, 0.25) is 0 Å². The highest BCUT2D eigenvalue weighted by molar-refractivity contribution is 5.38. The SMILES string of the molecule is CCC1COCCN1C(CN)c1cc(C)c(C)cc1C. The lowest BCUT2D eigenvalue weighted by atomic mass is 9.93. The minimum atomic E-state index is 0.308. The summed E-state index contributed by atoms with van der Waals surface area (Å²) in [4.78, 5) is 2.54. The maximum Gasteiger partial charge on any atom is 0.0622 e. The standard InChI is InChI=1S/C17H28N2O/c1-5-15-11-20-7-6-19(15)17(10-18)16-9-13(3)12(2)8-14(16)4/h8-9,15,17H,5-7,10-11,18H2,1-4H3. The Hall–Kier alpha value is -0.900. The van der Waals surface area contributed by atoms with Gasteiger partial charge in [0, 0.05) is 25.2 Å². The van der Waals surface area contributed by atoms with E-state index in [-0.39, 0.29) is 0 Å². The summed E-state index contributed by atoms with van der Waals surface area (Å²) < 4.78 is 5.62. The van der Waals surface area contributed by atoms with Crippen LogP contribution in [0.25, 0.3) is 0 Å². The molecule has 2 N–H and O–H groups in total. The molecule has 1 aromatic carbocycles. The van der Waals surface area contributed by atoms with Gasteiger partial charge >= 0.3 is 0 Å². The lowest BCUT2D eigenvalue weighted by Gasteiger charge is -2.41. The Labute approximate surface area is 123 Å². The van der Waals surface area contributed by atoms with Gasteiger partial charge in [-0.25, -0.2) is 0 Å². The van der Waals surface area contributed by atoms with Gasteiger partial charge in [0.25, 0.3) is 0 Å². The maximum atomic E-state index is 6.13. The number of ether oxygens (including phenoxy) is 1. The predicted octanol–water partition coefficient (Wildman–Crippen LogP) is 2.72. The molecule has 0 radical (unpaired) electrons. The van der Waals surface area contributed by atoms with Gasteiger partial charge in [-0.2, -0.15) is 0 Å². The fraction of sp³-hybridized carbons (Fsp3) is 0.647. The number of rotatable bonds is 4. The molecule has 0 saturated carbocycles. The van der Waals surface area contributed by atoms with Crippen LogP contribution in [0, 0.1) is 20.8 Å². The van der Waals surface area contributed by atoms with E-state index in [1.54, 1.807) is 0 Å². The number of morpholine rings is 1. The van der Waals surface area contributed by atoms with Crippen LogP contribution in [0.3, 0.4) is 0 Å². The zero-order valence-electron chi connectivity index (χ0n) is 13.3. The first-order chi connectivity index (χ1) is 9.58. The summed E-state index contributed by atoms with van der Waals surface area (Å²) in [7, 11) is 0. The van der Waals surface area contributed by atoms with Gasteiger partial charge in [0.15, 0.2) is 0 Å². The highest BCUT2D eigenvalue weighted by Crippen LogP contribution is 2.29. The molecular formula is C17H28N2O. The van der Waals surface area contributed by atoms with E-state index in [1.165, 1.54) is 22.3 Å². The van der Waals surface area contributed by atoms with Crippen LogP contribution in [0.1, 0.15) is 41.6 Å². The minimum Gasteiger partial charge on any atom is -0.378 e. The fourth-order valence-electron chi connectivity index (χ4n) is 3.21. The van der Waals surface area contributed by atoms with E-state index in [9.17, 15) is 0 Å². The van der Waals surface area contributed by atoms with Crippen LogP contribution in [0.5, 0.6) is 0 Å². The first-order valence-electron chi connectivity index (χ1n) is 7.69. The van der Waals surface area contributed by atoms with Crippen molar-refractivity contribution in [2.75, 3.05) is 26.3 Å². The van der Waals surface area contributed by atoms with E-state index in [0.29, 0.717) is 18.6 Å². The van der Waals surface area contributed by atoms with Crippen LogP contribution >= 0.6 is 0 Å². The molecule has 1 saturated heterocycles. The Kier molecular flexibility index (Phi) is 5.19. The number of hydrogen-bond acceptors (Lipinski definition) is 3. The zero-order valence-corrected chi connectivity index (χ0v) is 13.3. The molecule has 1 heterocycles. The summed E-state index contributed by atoms with van der Waals surface area (Å²) in [5.41, 5.74) is 11.6. The average Bonchev–Trinajstić information content (AvgIpc) is 2.45. The Balaban J connectivity index is 2.33. The molecule has 0 bridgehead atoms. The summed E-state index contributed by atoms with van der Waals surface area (Å²) >= 11 is 0. The molecule has 3 heteroatoms. The van der Waals surface area contributed by atoms with Crippen molar-refractivity contribution in [1.29, 1.82) is 0 Å². The number of nitrogens with two attached hydrogens (primary N) is 1. The molecule has 112 valence electrons. The van der Waals surface area contributed by atoms with Gasteiger partial charge in [-0.1, -0.05) is 19.1 Å². The van der Waals surface area contributed by atoms with Crippen LogP contribution < -0.4 is 5.73 Å². The molecule has 1 aromatic rings. The van der Waals surface area contributed by atoms with Crippen LogP contribution in [-0.2, 0) is 4.74 Å². The monoisotopic (exact) mass is 276 g/mol. The lowest BCUT2D eigenvalue weighted by Crippen LogP contribution is -2.49. The molecule has 0 aliphatic carbocycles. The molecule has 20 heavy (non-hydrogen) atoms. The molecule has 1 aliphatic heterocycles. The van der Waals surface area contributed by atoms with E-state index in [0.717, 1.165) is 26.2 Å². The molecule has 0 aromatic heterocycles. The van der Waals surface area contributed by atoms with E-state index < -0.39 is 0 Å². The van der Waals surface area contributed by atoms with Crippen molar-refractivity contribution in [3.8, 4) is 0 Å². The second-order valence-corrected chi connectivity index (χ2v) is 5.92. The van der Waals surface area contributed by atoms with E-state index >= 15 is 0 Å². The van der Waals surface area contributed by atoms with Gasteiger partial charge in [-0.15, -0.1) is 0 Å². The largest absolute Gasteiger partial charge is 0.378 e. The second-order valence-electron chi connectivity index (χ2n) is 5.92. The molecule has 0 amide bonds. The molecule has 2 atom stereocenters. The molecule has 1 aliphatic rings. The maximum absolute atomic E-state index is 6.13. The van der Waals surface area contributed by atoms with E-state index in [4.69, 9.17) is 10.5 Å². The van der Waals surface area contributed by atoms with Crippen LogP contribution in [0.15, 0.2) is 12.1 Å². The molecular weight excluding hydrogens is 248 g/mol. The van der Waals surface area contributed by atoms with Crippen molar-refractivity contribution in [2.24, 2.45) is 5.73 Å². The fourth-order valence-corrected chi connectivity index (χ4v) is 3.21. The first kappa shape index (κ1) is 15.5. The number of hydrogen-bond donors (Lipinski definition) is 1. The molecule has 0 spiro atoms. The van der Waals surface area contributed by atoms with E-state index in [1.807, 2.05) is 0 Å². The van der Waals surface area contributed by atoms with Crippen LogP contribution in [0.4, 0.5) is 0 Å². The predicted molar refractivity (Wildman–Crippen MR) is 84.1 cm³/mol. The van der Waals surface area contributed by atoms with Crippen molar-refractivity contribution in [3.05, 3.63) is 34.4 Å². The summed E-state index contributed by atoms with van der Waals surface area (Å²) in [6, 6.07) is 5.40. The third kappa shape index (κ3) is 3.05. The highest BCUT2D eigenvalue weighted by atomic mass is 16.5. The third-order valence-electron chi connectivity index (χ3n) is 4.61. The number of nitrogens with zero attached hydrogens (tertiary/aromatic N) is 1. The number of benzene rings is 1. The van der Waals surface area contributed by atoms with Gasteiger partial charge < -0.3 is 10.5 Å². The Bertz CT molecular complexity index is 459. The summed E-state index contributed by atoms with van der Waals surface area (Å²) in [5, 5.41) is 0. The highest BCUT2D eigenvalue weighted by Gasteiger charge is 2.29. The summed E-state index contributed by atoms with van der Waals surface area (Å²) in [6.07, 6.45) is 1.11. The molecule has 2 rings (SSSR count). The Morgan fingerprint density at radius 2 is 1.95 bits per heavy atom. The van der Waals surface area contributed by atoms with Crippen LogP contribution in [0.2, 0.25) is 0 Å². The molecule has 2 unspecified atom stereocenters. The molecule has 3 nitrogen and oxygen atoms in total. The minimum absolute atomic E-state index is 0.308. The normalized spacial score (nSPS) is 21.9. The zero-order chi connectivity index (χ0) is 14.7. The van der Waals surface area contributed by atoms with Gasteiger partial charge in [-0.3, -0.25) is 4.90 Å². The second kappa shape index (κ2) is 6.70. The van der Waals surface area contributed by atoms with Crippen molar-refractivity contribution in [1.82, 2.24) is 4.90 Å². The van der Waals surface area contributed by atoms with Crippen molar-refractivity contribution in [2.45, 2.75) is 46.2 Å². The summed E-state index contributed by atoms with van der Waals surface area (Å²) in [6.45, 7) is 12.1. The Morgan fingerprint density at radius 1 is 1.25 bits per heavy atom. The smallest absolute Gasteiger partial charge is 0.0622 e. The summed E-state index contributed by atoms with van der Waals surface area (Å²) in [5.74, 6) is 0. The van der Waals surface area contributed by atoms with Crippen molar-refractivity contribution in [3.63, 3.8) is 0 Å².